The van der Waals surface area contributed by atoms with Crippen LogP contribution in [0.1, 0.15) is 56.6 Å². The van der Waals surface area contributed by atoms with Gasteiger partial charge in [0.25, 0.3) is 0 Å². The van der Waals surface area contributed by atoms with Crippen LogP contribution < -0.4 is 9.62 Å². The SMILES string of the molecule is CNC(=O)[C@H](C)N(Cc1ccccc1)C(=O)CN(c1ccc(C23CC4CC(CC(C4)C2)C3)cc1)S(C)(=O)=O. The minimum absolute atomic E-state index is 0.205. The van der Waals surface area contributed by atoms with Gasteiger partial charge >= 0.3 is 0 Å². The molecule has 1 N–H and O–H groups in total. The molecule has 38 heavy (non-hydrogen) atoms. The first-order chi connectivity index (χ1) is 18.1. The summed E-state index contributed by atoms with van der Waals surface area (Å²) in [7, 11) is -2.22. The molecule has 2 aromatic rings. The molecule has 0 saturated heterocycles. The fourth-order valence-corrected chi connectivity index (χ4v) is 8.48. The zero-order valence-electron chi connectivity index (χ0n) is 22.6. The predicted molar refractivity (Wildman–Crippen MR) is 149 cm³/mol. The van der Waals surface area contributed by atoms with E-state index in [-0.39, 0.29) is 24.4 Å². The minimum Gasteiger partial charge on any atom is -0.357 e. The van der Waals surface area contributed by atoms with Gasteiger partial charge < -0.3 is 10.2 Å². The first kappa shape index (κ1) is 26.7. The van der Waals surface area contributed by atoms with Gasteiger partial charge in [0, 0.05) is 13.6 Å². The number of hydrogen-bond acceptors (Lipinski definition) is 4. The molecule has 2 amide bonds. The quantitative estimate of drug-likeness (QED) is 0.522. The van der Waals surface area contributed by atoms with Crippen LogP contribution in [0.15, 0.2) is 54.6 Å². The van der Waals surface area contributed by atoms with Crippen LogP contribution in [0, 0.1) is 17.8 Å². The molecule has 0 spiro atoms. The zero-order valence-corrected chi connectivity index (χ0v) is 23.4. The standard InChI is InChI=1S/C30H39N3O4S/c1-21(29(35)31-2)32(19-22-7-5-4-6-8-22)28(34)20-33(38(3,36)37)27-11-9-26(10-12-27)30-16-23-13-24(17-30)15-25(14-23)18-30/h4-12,21,23-25H,13-20H2,1-3H3,(H,31,35)/t21-,23?,24?,25?,30?/m0/s1. The van der Waals surface area contributed by atoms with Gasteiger partial charge in [0.05, 0.1) is 11.9 Å². The van der Waals surface area contributed by atoms with Crippen LogP contribution in [0.4, 0.5) is 5.69 Å². The van der Waals surface area contributed by atoms with Crippen molar-refractivity contribution in [1.82, 2.24) is 10.2 Å². The van der Waals surface area contributed by atoms with Crippen molar-refractivity contribution < 1.29 is 18.0 Å². The number of rotatable bonds is 9. The first-order valence-corrected chi connectivity index (χ1v) is 15.6. The molecule has 0 heterocycles. The molecule has 1 atom stereocenters. The van der Waals surface area contributed by atoms with E-state index in [1.54, 1.807) is 6.92 Å². The molecule has 4 aliphatic carbocycles. The molecule has 0 aromatic heterocycles. The van der Waals surface area contributed by atoms with Crippen LogP contribution in [0.5, 0.6) is 0 Å². The summed E-state index contributed by atoms with van der Waals surface area (Å²) in [6.45, 7) is 1.49. The number of carbonyl (C=O) groups excluding carboxylic acids is 2. The number of amides is 2. The molecule has 0 aliphatic heterocycles. The minimum atomic E-state index is -3.74. The van der Waals surface area contributed by atoms with Crippen molar-refractivity contribution in [2.75, 3.05) is 24.2 Å². The lowest BCUT2D eigenvalue weighted by atomic mass is 9.48. The number of carbonyl (C=O) groups is 2. The predicted octanol–water partition coefficient (Wildman–Crippen LogP) is 4.08. The van der Waals surface area contributed by atoms with Crippen LogP contribution in [0.2, 0.25) is 0 Å². The van der Waals surface area contributed by atoms with Gasteiger partial charge in [-0.3, -0.25) is 13.9 Å². The third kappa shape index (κ3) is 5.33. The number of likely N-dealkylation sites (N-methyl/N-ethyl adjacent to an activating group) is 1. The monoisotopic (exact) mass is 537 g/mol. The van der Waals surface area contributed by atoms with E-state index in [1.807, 2.05) is 42.5 Å². The fourth-order valence-electron chi connectivity index (χ4n) is 7.63. The molecular formula is C30H39N3O4S. The Kier molecular flexibility index (Phi) is 7.29. The Bertz CT molecular complexity index is 1240. The van der Waals surface area contributed by atoms with Gasteiger partial charge in [-0.25, -0.2) is 8.42 Å². The van der Waals surface area contributed by atoms with E-state index >= 15 is 0 Å². The summed E-state index contributed by atoms with van der Waals surface area (Å²) in [6, 6.07) is 16.5. The van der Waals surface area contributed by atoms with Crippen molar-refractivity contribution >= 4 is 27.5 Å². The second-order valence-corrected chi connectivity index (χ2v) is 13.7. The highest BCUT2D eigenvalue weighted by atomic mass is 32.2. The number of hydrogen-bond donors (Lipinski definition) is 1. The van der Waals surface area contributed by atoms with Crippen molar-refractivity contribution in [3.63, 3.8) is 0 Å². The normalized spacial score (nSPS) is 26.6. The molecule has 4 bridgehead atoms. The Morgan fingerprint density at radius 2 is 1.50 bits per heavy atom. The van der Waals surface area contributed by atoms with Gasteiger partial charge in [-0.15, -0.1) is 0 Å². The van der Waals surface area contributed by atoms with Crippen LogP contribution in [-0.2, 0) is 31.6 Å². The Balaban J connectivity index is 1.38. The van der Waals surface area contributed by atoms with Crippen molar-refractivity contribution in [2.45, 2.75) is 63.5 Å². The highest BCUT2D eigenvalue weighted by Crippen LogP contribution is 2.60. The van der Waals surface area contributed by atoms with E-state index < -0.39 is 22.0 Å². The topological polar surface area (TPSA) is 86.8 Å². The smallest absolute Gasteiger partial charge is 0.244 e. The van der Waals surface area contributed by atoms with Crippen LogP contribution >= 0.6 is 0 Å². The molecule has 0 unspecified atom stereocenters. The van der Waals surface area contributed by atoms with Crippen molar-refractivity contribution in [2.24, 2.45) is 17.8 Å². The van der Waals surface area contributed by atoms with Gasteiger partial charge in [-0.05, 0) is 91.9 Å². The molecule has 4 fully saturated rings. The highest BCUT2D eigenvalue weighted by molar-refractivity contribution is 7.92. The van der Waals surface area contributed by atoms with Gasteiger partial charge in [0.1, 0.15) is 12.6 Å². The number of nitrogens with one attached hydrogen (secondary N) is 1. The second-order valence-electron chi connectivity index (χ2n) is 11.8. The molecule has 4 saturated carbocycles. The van der Waals surface area contributed by atoms with Crippen molar-refractivity contribution in [1.29, 1.82) is 0 Å². The van der Waals surface area contributed by atoms with Gasteiger partial charge in [0.15, 0.2) is 0 Å². The van der Waals surface area contributed by atoms with E-state index in [0.29, 0.717) is 5.69 Å². The van der Waals surface area contributed by atoms with Crippen molar-refractivity contribution in [3.8, 4) is 0 Å². The molecule has 7 nitrogen and oxygen atoms in total. The molecule has 204 valence electrons. The lowest BCUT2D eigenvalue weighted by Gasteiger charge is -2.57. The van der Waals surface area contributed by atoms with Crippen LogP contribution in [0.3, 0.4) is 0 Å². The van der Waals surface area contributed by atoms with E-state index in [2.05, 4.69) is 17.4 Å². The van der Waals surface area contributed by atoms with Crippen LogP contribution in [0.25, 0.3) is 0 Å². The second kappa shape index (κ2) is 10.4. The van der Waals surface area contributed by atoms with E-state index in [4.69, 9.17) is 0 Å². The number of anilines is 1. The third-order valence-electron chi connectivity index (χ3n) is 9.09. The highest BCUT2D eigenvalue weighted by Gasteiger charge is 2.51. The molecule has 2 aromatic carbocycles. The molecule has 4 aliphatic rings. The largest absolute Gasteiger partial charge is 0.357 e. The summed E-state index contributed by atoms with van der Waals surface area (Å²) in [5.41, 5.74) is 2.86. The van der Waals surface area contributed by atoms with Gasteiger partial charge in [-0.1, -0.05) is 42.5 Å². The third-order valence-corrected chi connectivity index (χ3v) is 10.2. The lowest BCUT2D eigenvalue weighted by Crippen LogP contribution is -2.50. The summed E-state index contributed by atoms with van der Waals surface area (Å²) < 4.78 is 26.9. The summed E-state index contributed by atoms with van der Waals surface area (Å²) in [5.74, 6) is 1.73. The lowest BCUT2D eigenvalue weighted by molar-refractivity contribution is -0.139. The summed E-state index contributed by atoms with van der Waals surface area (Å²) in [4.78, 5) is 27.5. The molecular weight excluding hydrogens is 498 g/mol. The van der Waals surface area contributed by atoms with E-state index in [1.165, 1.54) is 56.0 Å². The maximum absolute atomic E-state index is 13.6. The molecule has 6 rings (SSSR count). The van der Waals surface area contributed by atoms with E-state index in [9.17, 15) is 18.0 Å². The van der Waals surface area contributed by atoms with Crippen molar-refractivity contribution in [3.05, 3.63) is 65.7 Å². The van der Waals surface area contributed by atoms with E-state index in [0.717, 1.165) is 33.9 Å². The average molecular weight is 538 g/mol. The number of benzene rings is 2. The summed E-state index contributed by atoms with van der Waals surface area (Å²) in [6.07, 6.45) is 8.94. The Labute approximate surface area is 226 Å². The number of sulfonamides is 1. The maximum atomic E-state index is 13.6. The molecule has 0 radical (unpaired) electrons. The molecule has 8 heteroatoms. The van der Waals surface area contributed by atoms with Gasteiger partial charge in [-0.2, -0.15) is 0 Å². The van der Waals surface area contributed by atoms with Gasteiger partial charge in [0.2, 0.25) is 21.8 Å². The fraction of sp³-hybridized carbons (Fsp3) is 0.533. The zero-order chi connectivity index (χ0) is 27.1. The Morgan fingerprint density at radius 1 is 0.947 bits per heavy atom. The maximum Gasteiger partial charge on any atom is 0.244 e. The van der Waals surface area contributed by atoms with Crippen LogP contribution in [-0.4, -0.2) is 51.0 Å². The summed E-state index contributed by atoms with van der Waals surface area (Å²) >= 11 is 0. The Morgan fingerprint density at radius 3 is 2.00 bits per heavy atom. The first-order valence-electron chi connectivity index (χ1n) is 13.7. The number of nitrogens with zero attached hydrogens (tertiary/aromatic N) is 2. The average Bonchev–Trinajstić information content (AvgIpc) is 2.88. The Hall–Kier alpha value is -2.87. The summed E-state index contributed by atoms with van der Waals surface area (Å²) in [5, 5.41) is 2.60.